The van der Waals surface area contributed by atoms with Gasteiger partial charge in [0.1, 0.15) is 0 Å². The standard InChI is InChI=1S/C10H22N2OS/c1-9(2-5-13)12-10(8-11)3-6-14-7-4-10/h9,12-13H,2-8,11H2,1H3. The summed E-state index contributed by atoms with van der Waals surface area (Å²) in [6.45, 7) is 3.09. The van der Waals surface area contributed by atoms with Gasteiger partial charge in [-0.2, -0.15) is 11.8 Å². The van der Waals surface area contributed by atoms with Gasteiger partial charge in [-0.3, -0.25) is 0 Å². The van der Waals surface area contributed by atoms with Crippen LogP contribution >= 0.6 is 11.8 Å². The molecule has 3 nitrogen and oxygen atoms in total. The maximum absolute atomic E-state index is 8.85. The van der Waals surface area contributed by atoms with Crippen molar-refractivity contribution in [3.8, 4) is 0 Å². The minimum Gasteiger partial charge on any atom is -0.396 e. The Bertz CT molecular complexity index is 160. The SMILES string of the molecule is CC(CCO)NC1(CN)CCSCC1. The number of aliphatic hydroxyl groups is 1. The number of nitrogens with two attached hydrogens (primary N) is 1. The van der Waals surface area contributed by atoms with Crippen molar-refractivity contribution in [3.63, 3.8) is 0 Å². The van der Waals surface area contributed by atoms with Gasteiger partial charge >= 0.3 is 0 Å². The van der Waals surface area contributed by atoms with Crippen LogP contribution in [0.1, 0.15) is 26.2 Å². The summed E-state index contributed by atoms with van der Waals surface area (Å²) in [5.41, 5.74) is 5.99. The lowest BCUT2D eigenvalue weighted by molar-refractivity contribution is 0.228. The van der Waals surface area contributed by atoms with Crippen molar-refractivity contribution in [3.05, 3.63) is 0 Å². The van der Waals surface area contributed by atoms with Crippen molar-refractivity contribution in [2.45, 2.75) is 37.8 Å². The van der Waals surface area contributed by atoms with E-state index in [4.69, 9.17) is 10.8 Å². The van der Waals surface area contributed by atoms with Gasteiger partial charge in [-0.1, -0.05) is 0 Å². The molecule has 1 aliphatic heterocycles. The van der Waals surface area contributed by atoms with Gasteiger partial charge < -0.3 is 16.2 Å². The predicted octanol–water partition coefficient (Wildman–Crippen LogP) is 0.571. The molecule has 0 spiro atoms. The first-order valence-electron chi connectivity index (χ1n) is 5.39. The summed E-state index contributed by atoms with van der Waals surface area (Å²) < 4.78 is 0. The Labute approximate surface area is 90.8 Å². The van der Waals surface area contributed by atoms with Crippen molar-refractivity contribution >= 4 is 11.8 Å². The largest absolute Gasteiger partial charge is 0.396 e. The Balaban J connectivity index is 2.42. The fraction of sp³-hybridized carbons (Fsp3) is 1.00. The third-order valence-corrected chi connectivity index (χ3v) is 3.94. The Morgan fingerprint density at radius 1 is 1.50 bits per heavy atom. The molecule has 0 amide bonds. The Kier molecular flexibility index (Phi) is 5.23. The van der Waals surface area contributed by atoms with E-state index in [9.17, 15) is 0 Å². The molecule has 0 bridgehead atoms. The zero-order valence-corrected chi connectivity index (χ0v) is 9.78. The number of hydrogen-bond acceptors (Lipinski definition) is 4. The highest BCUT2D eigenvalue weighted by Crippen LogP contribution is 2.26. The van der Waals surface area contributed by atoms with Crippen LogP contribution in [0.4, 0.5) is 0 Å². The Morgan fingerprint density at radius 3 is 2.64 bits per heavy atom. The number of thioether (sulfide) groups is 1. The molecule has 0 aromatic rings. The van der Waals surface area contributed by atoms with E-state index in [0.717, 1.165) is 19.3 Å². The van der Waals surface area contributed by atoms with Crippen LogP contribution in [-0.2, 0) is 0 Å². The Morgan fingerprint density at radius 2 is 2.14 bits per heavy atom. The zero-order chi connectivity index (χ0) is 10.4. The number of rotatable bonds is 5. The average molecular weight is 218 g/mol. The zero-order valence-electron chi connectivity index (χ0n) is 8.96. The van der Waals surface area contributed by atoms with Crippen molar-refractivity contribution < 1.29 is 5.11 Å². The van der Waals surface area contributed by atoms with Gasteiger partial charge in [0.25, 0.3) is 0 Å². The fourth-order valence-electron chi connectivity index (χ4n) is 1.96. The third-order valence-electron chi connectivity index (χ3n) is 2.96. The monoisotopic (exact) mass is 218 g/mol. The minimum atomic E-state index is 0.139. The van der Waals surface area contributed by atoms with Crippen molar-refractivity contribution in [2.75, 3.05) is 24.7 Å². The quantitative estimate of drug-likeness (QED) is 0.631. The summed E-state index contributed by atoms with van der Waals surface area (Å²) in [5, 5.41) is 12.4. The second-order valence-electron chi connectivity index (χ2n) is 4.15. The van der Waals surface area contributed by atoms with Gasteiger partial charge in [-0.15, -0.1) is 0 Å². The summed E-state index contributed by atoms with van der Waals surface area (Å²) >= 11 is 2.01. The Hall–Kier alpha value is 0.230. The molecule has 1 unspecified atom stereocenters. The van der Waals surface area contributed by atoms with Crippen LogP contribution in [0, 0.1) is 0 Å². The van der Waals surface area contributed by atoms with Crippen LogP contribution < -0.4 is 11.1 Å². The van der Waals surface area contributed by atoms with Crippen molar-refractivity contribution in [1.82, 2.24) is 5.32 Å². The molecule has 1 saturated heterocycles. The van der Waals surface area contributed by atoms with Gasteiger partial charge in [0.2, 0.25) is 0 Å². The van der Waals surface area contributed by atoms with Crippen LogP contribution in [0.15, 0.2) is 0 Å². The number of aliphatic hydroxyl groups excluding tert-OH is 1. The van der Waals surface area contributed by atoms with Crippen LogP contribution in [0.3, 0.4) is 0 Å². The van der Waals surface area contributed by atoms with Gasteiger partial charge in [0, 0.05) is 24.7 Å². The second-order valence-corrected chi connectivity index (χ2v) is 5.38. The second kappa shape index (κ2) is 5.95. The molecule has 4 N–H and O–H groups in total. The predicted molar refractivity (Wildman–Crippen MR) is 62.6 cm³/mol. The lowest BCUT2D eigenvalue weighted by atomic mass is 9.91. The molecule has 0 radical (unpaired) electrons. The molecule has 1 fully saturated rings. The summed E-state index contributed by atoms with van der Waals surface area (Å²) in [4.78, 5) is 0. The average Bonchev–Trinajstić information content (AvgIpc) is 2.19. The first kappa shape index (κ1) is 12.3. The first-order chi connectivity index (χ1) is 6.72. The maximum Gasteiger partial charge on any atom is 0.0445 e. The fourth-order valence-corrected chi connectivity index (χ4v) is 3.23. The molecule has 1 rings (SSSR count). The summed E-state index contributed by atoms with van der Waals surface area (Å²) in [6.07, 6.45) is 3.13. The van der Waals surface area contributed by atoms with E-state index in [1.54, 1.807) is 0 Å². The normalized spacial score (nSPS) is 23.4. The summed E-state index contributed by atoms with van der Waals surface area (Å²) in [5.74, 6) is 2.41. The molecule has 4 heteroatoms. The molecule has 84 valence electrons. The molecule has 0 aromatic carbocycles. The van der Waals surface area contributed by atoms with E-state index in [1.165, 1.54) is 11.5 Å². The summed E-state index contributed by atoms with van der Waals surface area (Å²) in [7, 11) is 0. The van der Waals surface area contributed by atoms with E-state index < -0.39 is 0 Å². The van der Waals surface area contributed by atoms with Crippen LogP contribution in [0.2, 0.25) is 0 Å². The highest BCUT2D eigenvalue weighted by molar-refractivity contribution is 7.99. The van der Waals surface area contributed by atoms with E-state index >= 15 is 0 Å². The smallest absolute Gasteiger partial charge is 0.0445 e. The van der Waals surface area contributed by atoms with Gasteiger partial charge in [0.05, 0.1) is 0 Å². The highest BCUT2D eigenvalue weighted by atomic mass is 32.2. The van der Waals surface area contributed by atoms with Crippen LogP contribution in [-0.4, -0.2) is 41.3 Å². The van der Waals surface area contributed by atoms with E-state index in [1.807, 2.05) is 11.8 Å². The summed E-state index contributed by atoms with van der Waals surface area (Å²) in [6, 6.07) is 0.367. The molecule has 0 aromatic heterocycles. The van der Waals surface area contributed by atoms with Gasteiger partial charge in [-0.25, -0.2) is 0 Å². The number of hydrogen-bond donors (Lipinski definition) is 3. The van der Waals surface area contributed by atoms with Crippen LogP contribution in [0.25, 0.3) is 0 Å². The molecular weight excluding hydrogens is 196 g/mol. The lowest BCUT2D eigenvalue weighted by Crippen LogP contribution is -2.56. The molecule has 14 heavy (non-hydrogen) atoms. The molecule has 1 heterocycles. The maximum atomic E-state index is 8.85. The van der Waals surface area contributed by atoms with Gasteiger partial charge in [0.15, 0.2) is 0 Å². The molecular formula is C10H22N2OS. The van der Waals surface area contributed by atoms with Crippen molar-refractivity contribution in [2.24, 2.45) is 5.73 Å². The van der Waals surface area contributed by atoms with Crippen molar-refractivity contribution in [1.29, 1.82) is 0 Å². The molecule has 0 aliphatic carbocycles. The van der Waals surface area contributed by atoms with E-state index in [0.29, 0.717) is 12.6 Å². The van der Waals surface area contributed by atoms with E-state index in [-0.39, 0.29) is 12.1 Å². The topological polar surface area (TPSA) is 58.3 Å². The third kappa shape index (κ3) is 3.42. The first-order valence-corrected chi connectivity index (χ1v) is 6.54. The van der Waals surface area contributed by atoms with E-state index in [2.05, 4.69) is 12.2 Å². The lowest BCUT2D eigenvalue weighted by Gasteiger charge is -2.39. The van der Waals surface area contributed by atoms with Gasteiger partial charge in [-0.05, 0) is 37.7 Å². The number of nitrogens with one attached hydrogen (secondary N) is 1. The highest BCUT2D eigenvalue weighted by Gasteiger charge is 2.31. The molecule has 1 atom stereocenters. The molecule has 0 saturated carbocycles. The van der Waals surface area contributed by atoms with Crippen LogP contribution in [0.5, 0.6) is 0 Å². The molecule has 1 aliphatic rings. The minimum absolute atomic E-state index is 0.139.